The van der Waals surface area contributed by atoms with Gasteiger partial charge in [0.15, 0.2) is 11.5 Å². The van der Waals surface area contributed by atoms with E-state index >= 15 is 0 Å². The van der Waals surface area contributed by atoms with Gasteiger partial charge < -0.3 is 29.7 Å². The highest BCUT2D eigenvalue weighted by atomic mass is 16.5. The molecule has 0 amide bonds. The molecule has 8 nitrogen and oxygen atoms in total. The Kier molecular flexibility index (Phi) is 8.17. The van der Waals surface area contributed by atoms with E-state index in [0.717, 1.165) is 43.1 Å². The third kappa shape index (κ3) is 5.91. The molecule has 0 saturated heterocycles. The fourth-order valence-corrected chi connectivity index (χ4v) is 4.07. The first kappa shape index (κ1) is 22.9. The molecule has 8 heteroatoms. The van der Waals surface area contributed by atoms with Crippen molar-refractivity contribution in [3.05, 3.63) is 30.0 Å². The van der Waals surface area contributed by atoms with Crippen molar-refractivity contribution >= 4 is 11.8 Å². The van der Waals surface area contributed by atoms with Crippen molar-refractivity contribution in [2.45, 2.75) is 38.3 Å². The van der Waals surface area contributed by atoms with Crippen molar-refractivity contribution in [2.75, 3.05) is 52.2 Å². The van der Waals surface area contributed by atoms with Crippen LogP contribution in [-0.4, -0.2) is 58.0 Å². The third-order valence-corrected chi connectivity index (χ3v) is 5.81. The predicted molar refractivity (Wildman–Crippen MR) is 124 cm³/mol. The lowest BCUT2D eigenvalue weighted by atomic mass is 9.86. The maximum atomic E-state index is 5.58. The van der Waals surface area contributed by atoms with E-state index in [9.17, 15) is 0 Å². The summed E-state index contributed by atoms with van der Waals surface area (Å²) in [6.07, 6.45) is 6.42. The highest BCUT2D eigenvalue weighted by Crippen LogP contribution is 2.39. The summed E-state index contributed by atoms with van der Waals surface area (Å²) in [4.78, 5) is 10.9. The molecule has 0 radical (unpaired) electrons. The van der Waals surface area contributed by atoms with Crippen LogP contribution in [0.5, 0.6) is 17.2 Å². The summed E-state index contributed by atoms with van der Waals surface area (Å²) in [6, 6.07) is 6.29. The molecule has 1 aliphatic carbocycles. The zero-order valence-corrected chi connectivity index (χ0v) is 19.3. The molecule has 2 aromatic rings. The summed E-state index contributed by atoms with van der Waals surface area (Å²) in [7, 11) is 8.90. The lowest BCUT2D eigenvalue weighted by Crippen LogP contribution is -2.31. The van der Waals surface area contributed by atoms with Crippen LogP contribution in [0.15, 0.2) is 24.4 Å². The van der Waals surface area contributed by atoms with Crippen LogP contribution in [0.4, 0.5) is 11.8 Å². The smallest absolute Gasteiger partial charge is 0.224 e. The Morgan fingerprint density at radius 1 is 0.968 bits per heavy atom. The van der Waals surface area contributed by atoms with Crippen LogP contribution in [0.25, 0.3) is 0 Å². The molecule has 2 N–H and O–H groups in total. The number of aromatic nitrogens is 2. The maximum Gasteiger partial charge on any atom is 0.224 e. The van der Waals surface area contributed by atoms with Gasteiger partial charge in [-0.2, -0.15) is 4.98 Å². The summed E-state index contributed by atoms with van der Waals surface area (Å²) < 4.78 is 16.4. The van der Waals surface area contributed by atoms with Gasteiger partial charge in [-0.05, 0) is 50.3 Å². The molecular formula is C23H35N5O3. The number of hydrogen-bond acceptors (Lipinski definition) is 8. The van der Waals surface area contributed by atoms with Gasteiger partial charge in [0, 0.05) is 38.4 Å². The molecule has 1 saturated carbocycles. The van der Waals surface area contributed by atoms with Gasteiger partial charge in [0.1, 0.15) is 5.82 Å². The molecule has 0 aliphatic heterocycles. The Balaban J connectivity index is 1.46. The molecule has 0 unspecified atom stereocenters. The molecule has 1 aromatic carbocycles. The van der Waals surface area contributed by atoms with E-state index in [4.69, 9.17) is 14.2 Å². The molecule has 0 spiro atoms. The van der Waals surface area contributed by atoms with Gasteiger partial charge in [-0.15, -0.1) is 0 Å². The first-order valence-electron chi connectivity index (χ1n) is 10.8. The Bertz CT molecular complexity index is 838. The molecule has 170 valence electrons. The van der Waals surface area contributed by atoms with E-state index in [2.05, 4.69) is 20.6 Å². The fraction of sp³-hybridized carbons (Fsp3) is 0.565. The quantitative estimate of drug-likeness (QED) is 0.595. The molecule has 1 heterocycles. The molecule has 31 heavy (non-hydrogen) atoms. The standard InChI is InChI=1S/C23H35N5O3/c1-28(2)20-12-13-25-23(27-20)26-18-9-6-16(7-10-18)14-24-15-17-8-11-19(29-3)22(31-5)21(17)30-4/h8,11-13,16,18,24H,6-7,9-10,14-15H2,1-5H3,(H,25,26,27)/t16-,18+. The van der Waals surface area contributed by atoms with E-state index in [0.29, 0.717) is 29.4 Å². The van der Waals surface area contributed by atoms with Gasteiger partial charge in [-0.1, -0.05) is 6.07 Å². The second kappa shape index (κ2) is 11.0. The monoisotopic (exact) mass is 429 g/mol. The van der Waals surface area contributed by atoms with Gasteiger partial charge >= 0.3 is 0 Å². The van der Waals surface area contributed by atoms with Gasteiger partial charge in [0.25, 0.3) is 0 Å². The lowest BCUT2D eigenvalue weighted by Gasteiger charge is -2.29. The first-order chi connectivity index (χ1) is 15.0. The minimum atomic E-state index is 0.430. The lowest BCUT2D eigenvalue weighted by molar-refractivity contribution is 0.315. The summed E-state index contributed by atoms with van der Waals surface area (Å²) in [5, 5.41) is 7.10. The number of rotatable bonds is 10. The van der Waals surface area contributed by atoms with Crippen LogP contribution in [0.1, 0.15) is 31.2 Å². The highest BCUT2D eigenvalue weighted by Gasteiger charge is 2.22. The number of nitrogens with zero attached hydrogens (tertiary/aromatic N) is 3. The number of hydrogen-bond donors (Lipinski definition) is 2. The maximum absolute atomic E-state index is 5.58. The van der Waals surface area contributed by atoms with Crippen molar-refractivity contribution in [1.82, 2.24) is 15.3 Å². The van der Waals surface area contributed by atoms with Crippen molar-refractivity contribution in [3.8, 4) is 17.2 Å². The number of anilines is 2. The largest absolute Gasteiger partial charge is 0.493 e. The molecule has 1 fully saturated rings. The third-order valence-electron chi connectivity index (χ3n) is 5.81. The van der Waals surface area contributed by atoms with E-state index < -0.39 is 0 Å². The molecular weight excluding hydrogens is 394 g/mol. The minimum absolute atomic E-state index is 0.430. The Hall–Kier alpha value is -2.74. The Morgan fingerprint density at radius 2 is 1.71 bits per heavy atom. The van der Waals surface area contributed by atoms with Crippen molar-refractivity contribution in [3.63, 3.8) is 0 Å². The average Bonchev–Trinajstić information content (AvgIpc) is 2.79. The van der Waals surface area contributed by atoms with Crippen LogP contribution in [-0.2, 0) is 6.54 Å². The van der Waals surface area contributed by atoms with Gasteiger partial charge in [-0.25, -0.2) is 4.98 Å². The van der Waals surface area contributed by atoms with E-state index in [1.54, 1.807) is 21.3 Å². The topological polar surface area (TPSA) is 80.8 Å². The second-order valence-electron chi connectivity index (χ2n) is 8.12. The number of nitrogens with one attached hydrogen (secondary N) is 2. The number of ether oxygens (including phenoxy) is 3. The number of benzene rings is 1. The van der Waals surface area contributed by atoms with Gasteiger partial charge in [0.05, 0.1) is 21.3 Å². The second-order valence-corrected chi connectivity index (χ2v) is 8.12. The van der Waals surface area contributed by atoms with E-state index in [1.165, 1.54) is 12.8 Å². The zero-order valence-electron chi connectivity index (χ0n) is 19.3. The van der Waals surface area contributed by atoms with Crippen LogP contribution in [0, 0.1) is 5.92 Å². The average molecular weight is 430 g/mol. The van der Waals surface area contributed by atoms with Crippen LogP contribution >= 0.6 is 0 Å². The highest BCUT2D eigenvalue weighted by molar-refractivity contribution is 5.55. The summed E-state index contributed by atoms with van der Waals surface area (Å²) in [5.74, 6) is 4.33. The van der Waals surface area contributed by atoms with Crippen molar-refractivity contribution < 1.29 is 14.2 Å². The Morgan fingerprint density at radius 3 is 2.35 bits per heavy atom. The van der Waals surface area contributed by atoms with Crippen LogP contribution in [0.2, 0.25) is 0 Å². The summed E-state index contributed by atoms with van der Waals surface area (Å²) in [6.45, 7) is 1.71. The minimum Gasteiger partial charge on any atom is -0.493 e. The van der Waals surface area contributed by atoms with Gasteiger partial charge in [0.2, 0.25) is 11.7 Å². The van der Waals surface area contributed by atoms with Crippen molar-refractivity contribution in [2.24, 2.45) is 5.92 Å². The fourth-order valence-electron chi connectivity index (χ4n) is 4.07. The van der Waals surface area contributed by atoms with Crippen molar-refractivity contribution in [1.29, 1.82) is 0 Å². The van der Waals surface area contributed by atoms with E-state index in [-0.39, 0.29) is 0 Å². The van der Waals surface area contributed by atoms with Crippen LogP contribution < -0.4 is 29.7 Å². The molecule has 0 bridgehead atoms. The predicted octanol–water partition coefficient (Wildman–Crippen LogP) is 3.33. The number of methoxy groups -OCH3 is 3. The van der Waals surface area contributed by atoms with Gasteiger partial charge in [-0.3, -0.25) is 0 Å². The van der Waals surface area contributed by atoms with Crippen LogP contribution in [0.3, 0.4) is 0 Å². The Labute approximate surface area is 185 Å². The first-order valence-corrected chi connectivity index (χ1v) is 10.8. The molecule has 1 aromatic heterocycles. The summed E-state index contributed by atoms with van der Waals surface area (Å²) in [5.41, 5.74) is 1.06. The molecule has 0 atom stereocenters. The SMILES string of the molecule is COc1ccc(CNC[C@H]2CC[C@@H](Nc3nccc(N(C)C)n3)CC2)c(OC)c1OC. The van der Waals surface area contributed by atoms with E-state index in [1.807, 2.05) is 43.4 Å². The molecule has 1 aliphatic rings. The zero-order chi connectivity index (χ0) is 22.2. The summed E-state index contributed by atoms with van der Waals surface area (Å²) >= 11 is 0. The normalized spacial score (nSPS) is 18.4. The molecule has 3 rings (SSSR count).